The van der Waals surface area contributed by atoms with Crippen LogP contribution in [-0.4, -0.2) is 28.1 Å². The largest absolute Gasteiger partial charge is 0.506 e. The lowest BCUT2D eigenvalue weighted by Gasteiger charge is -2.10. The maximum absolute atomic E-state index is 11.4. The quantitative estimate of drug-likeness (QED) is 0.706. The molecule has 2 N–H and O–H groups in total. The van der Waals surface area contributed by atoms with Crippen LogP contribution >= 0.6 is 11.6 Å². The third-order valence-corrected chi connectivity index (χ3v) is 3.80. The summed E-state index contributed by atoms with van der Waals surface area (Å²) in [5, 5.41) is 17.3. The summed E-state index contributed by atoms with van der Waals surface area (Å²) >= 11 is 5.84. The molecule has 2 aromatic carbocycles. The molecule has 26 heavy (non-hydrogen) atoms. The van der Waals surface area contributed by atoms with Crippen LogP contribution in [0.2, 0.25) is 5.02 Å². The number of rotatable bonds is 5. The molecular formula is C18H16ClN3O4. The van der Waals surface area contributed by atoms with Crippen molar-refractivity contribution in [3.8, 4) is 17.3 Å². The molecule has 0 spiro atoms. The molecule has 8 heteroatoms. The predicted molar refractivity (Wildman–Crippen MR) is 97.0 cm³/mol. The van der Waals surface area contributed by atoms with Gasteiger partial charge in [-0.05, 0) is 18.2 Å². The fraction of sp³-hybridized carbons (Fsp3) is 0.111. The lowest BCUT2D eigenvalue weighted by molar-refractivity contribution is 0.187. The number of aromatic hydroxyl groups is 1. The predicted octanol–water partition coefficient (Wildman–Crippen LogP) is 3.99. The molecular weight excluding hydrogens is 358 g/mol. The zero-order valence-electron chi connectivity index (χ0n) is 13.8. The number of benzene rings is 2. The van der Waals surface area contributed by atoms with Gasteiger partial charge in [0.05, 0.1) is 12.8 Å². The van der Waals surface area contributed by atoms with Gasteiger partial charge in [-0.15, -0.1) is 5.10 Å². The molecule has 0 atom stereocenters. The highest BCUT2D eigenvalue weighted by Gasteiger charge is 2.10. The summed E-state index contributed by atoms with van der Waals surface area (Å²) in [5.74, 6) is 0.381. The third-order valence-electron chi connectivity index (χ3n) is 3.56. The maximum Gasteiger partial charge on any atom is 0.411 e. The first-order chi connectivity index (χ1) is 12.6. The van der Waals surface area contributed by atoms with Gasteiger partial charge < -0.3 is 14.6 Å². The van der Waals surface area contributed by atoms with E-state index in [9.17, 15) is 9.90 Å². The average molecular weight is 374 g/mol. The monoisotopic (exact) mass is 373 g/mol. The van der Waals surface area contributed by atoms with E-state index in [1.165, 1.54) is 17.9 Å². The molecule has 1 amide bonds. The first-order valence-electron chi connectivity index (χ1n) is 7.67. The van der Waals surface area contributed by atoms with Crippen LogP contribution in [0.3, 0.4) is 0 Å². The van der Waals surface area contributed by atoms with Crippen LogP contribution in [0.15, 0.2) is 54.7 Å². The number of carbonyl (C=O) groups excluding carboxylic acids is 1. The molecule has 0 fully saturated rings. The normalized spacial score (nSPS) is 10.4. The number of hydrogen-bond donors (Lipinski definition) is 2. The summed E-state index contributed by atoms with van der Waals surface area (Å²) in [4.78, 5) is 11.4. The third kappa shape index (κ3) is 4.07. The number of phenolic OH excluding ortho intramolecular Hbond substituents is 1. The van der Waals surface area contributed by atoms with Gasteiger partial charge in [-0.1, -0.05) is 29.8 Å². The fourth-order valence-corrected chi connectivity index (χ4v) is 2.46. The summed E-state index contributed by atoms with van der Waals surface area (Å²) in [7, 11) is 1.30. The van der Waals surface area contributed by atoms with Crippen LogP contribution in [-0.2, 0) is 11.3 Å². The molecule has 0 aliphatic rings. The second-order valence-corrected chi connectivity index (χ2v) is 5.73. The van der Waals surface area contributed by atoms with Gasteiger partial charge in [0, 0.05) is 28.9 Å². The smallest absolute Gasteiger partial charge is 0.411 e. The number of anilines is 1. The molecule has 1 heterocycles. The zero-order chi connectivity index (χ0) is 18.5. The van der Waals surface area contributed by atoms with Gasteiger partial charge in [-0.3, -0.25) is 5.32 Å². The number of amides is 1. The van der Waals surface area contributed by atoms with E-state index >= 15 is 0 Å². The Balaban J connectivity index is 1.72. The standard InChI is InChI=1S/C18H16ClN3O4/c1-25-18(24)20-14-5-3-2-4-12(14)11-26-17-8-9-22(21-17)15-7-6-13(19)10-16(15)23/h2-10,23H,11H2,1H3,(H,20,24). The molecule has 0 aliphatic heterocycles. The topological polar surface area (TPSA) is 85.6 Å². The Labute approximate surface area is 154 Å². The summed E-state index contributed by atoms with van der Waals surface area (Å²) < 4.78 is 11.8. The molecule has 3 aromatic rings. The zero-order valence-corrected chi connectivity index (χ0v) is 14.6. The molecule has 3 rings (SSSR count). The summed E-state index contributed by atoms with van der Waals surface area (Å²) in [6.07, 6.45) is 1.11. The van der Waals surface area contributed by atoms with Crippen molar-refractivity contribution in [2.75, 3.05) is 12.4 Å². The van der Waals surface area contributed by atoms with Crippen molar-refractivity contribution in [3.05, 3.63) is 65.3 Å². The molecule has 0 aliphatic carbocycles. The lowest BCUT2D eigenvalue weighted by atomic mass is 10.2. The van der Waals surface area contributed by atoms with Gasteiger partial charge in [0.15, 0.2) is 0 Å². The van der Waals surface area contributed by atoms with Crippen LogP contribution < -0.4 is 10.1 Å². The molecule has 134 valence electrons. The SMILES string of the molecule is COC(=O)Nc1ccccc1COc1ccn(-c2ccc(Cl)cc2O)n1. The number of phenols is 1. The van der Waals surface area contributed by atoms with Crippen LogP contribution in [0.4, 0.5) is 10.5 Å². The maximum atomic E-state index is 11.4. The number of halogens is 1. The van der Waals surface area contributed by atoms with E-state index in [4.69, 9.17) is 16.3 Å². The minimum atomic E-state index is -0.556. The van der Waals surface area contributed by atoms with E-state index in [0.717, 1.165) is 5.56 Å². The van der Waals surface area contributed by atoms with E-state index in [-0.39, 0.29) is 12.4 Å². The first-order valence-corrected chi connectivity index (χ1v) is 8.05. The molecule has 0 radical (unpaired) electrons. The van der Waals surface area contributed by atoms with Gasteiger partial charge in [0.1, 0.15) is 18.0 Å². The molecule has 7 nitrogen and oxygen atoms in total. The van der Waals surface area contributed by atoms with E-state index in [0.29, 0.717) is 22.3 Å². The second kappa shape index (κ2) is 7.79. The minimum absolute atomic E-state index is 0.0137. The van der Waals surface area contributed by atoms with Gasteiger partial charge in [0.2, 0.25) is 5.88 Å². The van der Waals surface area contributed by atoms with Gasteiger partial charge in [-0.2, -0.15) is 0 Å². The van der Waals surface area contributed by atoms with E-state index in [1.54, 1.807) is 36.5 Å². The van der Waals surface area contributed by atoms with Crippen LogP contribution in [0.1, 0.15) is 5.56 Å². The number of carbonyl (C=O) groups is 1. The van der Waals surface area contributed by atoms with E-state index < -0.39 is 6.09 Å². The first kappa shape index (κ1) is 17.6. The Morgan fingerprint density at radius 1 is 1.27 bits per heavy atom. The lowest BCUT2D eigenvalue weighted by Crippen LogP contribution is -2.13. The Kier molecular flexibility index (Phi) is 5.28. The number of aromatic nitrogens is 2. The van der Waals surface area contributed by atoms with E-state index in [1.807, 2.05) is 12.1 Å². The van der Waals surface area contributed by atoms with Crippen molar-refractivity contribution >= 4 is 23.4 Å². The Morgan fingerprint density at radius 2 is 2.08 bits per heavy atom. The number of para-hydroxylation sites is 1. The van der Waals surface area contributed by atoms with Crippen LogP contribution in [0.5, 0.6) is 11.6 Å². The summed E-state index contributed by atoms with van der Waals surface area (Å²) in [6.45, 7) is 0.198. The van der Waals surface area contributed by atoms with Crippen molar-refractivity contribution in [1.29, 1.82) is 0 Å². The summed E-state index contributed by atoms with van der Waals surface area (Å²) in [5.41, 5.74) is 1.84. The highest BCUT2D eigenvalue weighted by molar-refractivity contribution is 6.30. The average Bonchev–Trinajstić information content (AvgIpc) is 3.09. The van der Waals surface area contributed by atoms with E-state index in [2.05, 4.69) is 15.2 Å². The van der Waals surface area contributed by atoms with Crippen molar-refractivity contribution in [2.24, 2.45) is 0 Å². The highest BCUT2D eigenvalue weighted by atomic mass is 35.5. The number of nitrogens with one attached hydrogen (secondary N) is 1. The van der Waals surface area contributed by atoms with Crippen molar-refractivity contribution in [2.45, 2.75) is 6.61 Å². The van der Waals surface area contributed by atoms with Crippen LogP contribution in [0.25, 0.3) is 5.69 Å². The molecule has 0 saturated carbocycles. The summed E-state index contributed by atoms with van der Waals surface area (Å²) in [6, 6.07) is 13.6. The number of hydrogen-bond acceptors (Lipinski definition) is 5. The van der Waals surface area contributed by atoms with Gasteiger partial charge in [-0.25, -0.2) is 9.48 Å². The van der Waals surface area contributed by atoms with Crippen molar-refractivity contribution in [1.82, 2.24) is 9.78 Å². The molecule has 0 unspecified atom stereocenters. The number of methoxy groups -OCH3 is 1. The Hall–Kier alpha value is -3.19. The molecule has 1 aromatic heterocycles. The molecule has 0 bridgehead atoms. The molecule has 0 saturated heterocycles. The van der Waals surface area contributed by atoms with Crippen molar-refractivity contribution < 1.29 is 19.4 Å². The second-order valence-electron chi connectivity index (χ2n) is 5.29. The van der Waals surface area contributed by atoms with Crippen LogP contribution in [0, 0.1) is 0 Å². The Morgan fingerprint density at radius 3 is 2.85 bits per heavy atom. The Bertz CT molecular complexity index is 926. The minimum Gasteiger partial charge on any atom is -0.506 e. The van der Waals surface area contributed by atoms with Gasteiger partial charge >= 0.3 is 6.09 Å². The fourth-order valence-electron chi connectivity index (χ4n) is 2.29. The number of nitrogens with zero attached hydrogens (tertiary/aromatic N) is 2. The van der Waals surface area contributed by atoms with Gasteiger partial charge in [0.25, 0.3) is 0 Å². The van der Waals surface area contributed by atoms with Crippen molar-refractivity contribution in [3.63, 3.8) is 0 Å². The highest BCUT2D eigenvalue weighted by Crippen LogP contribution is 2.26. The number of ether oxygens (including phenoxy) is 2.